The van der Waals surface area contributed by atoms with Gasteiger partial charge < -0.3 is 4.74 Å². The van der Waals surface area contributed by atoms with Crippen LogP contribution < -0.4 is 0 Å². The number of hydrogen-bond acceptors (Lipinski definition) is 2. The molecule has 21 heavy (non-hydrogen) atoms. The molecule has 0 aromatic heterocycles. The van der Waals surface area contributed by atoms with Crippen LogP contribution in [0.15, 0.2) is 60.2 Å². The predicted octanol–water partition coefficient (Wildman–Crippen LogP) is 4.97. The first kappa shape index (κ1) is 13.9. The molecule has 0 radical (unpaired) electrons. The van der Waals surface area contributed by atoms with E-state index in [2.05, 4.69) is 0 Å². The molecule has 0 fully saturated rings. The van der Waals surface area contributed by atoms with E-state index in [1.165, 1.54) is 0 Å². The lowest BCUT2D eigenvalue weighted by atomic mass is 10.1. The van der Waals surface area contributed by atoms with Gasteiger partial charge in [-0.1, -0.05) is 59.6 Å². The fraction of sp³-hybridized carbons (Fsp3) is 0. The van der Waals surface area contributed by atoms with Crippen LogP contribution in [0, 0.1) is 0 Å². The number of benzene rings is 2. The minimum atomic E-state index is -0.412. The molecule has 0 saturated carbocycles. The van der Waals surface area contributed by atoms with Gasteiger partial charge in [0, 0.05) is 21.2 Å². The fourth-order valence-electron chi connectivity index (χ4n) is 2.04. The van der Waals surface area contributed by atoms with E-state index in [9.17, 15) is 4.79 Å². The van der Waals surface area contributed by atoms with Crippen LogP contribution >= 0.6 is 23.2 Å². The minimum Gasteiger partial charge on any atom is -0.422 e. The summed E-state index contributed by atoms with van der Waals surface area (Å²) < 4.78 is 5.28. The first-order valence-corrected chi connectivity index (χ1v) is 7.06. The van der Waals surface area contributed by atoms with E-state index in [-0.39, 0.29) is 0 Å². The zero-order valence-corrected chi connectivity index (χ0v) is 12.4. The highest BCUT2D eigenvalue weighted by molar-refractivity contribution is 6.37. The number of halogens is 2. The highest BCUT2D eigenvalue weighted by atomic mass is 35.5. The molecular weight excluding hydrogens is 307 g/mol. The van der Waals surface area contributed by atoms with Crippen molar-refractivity contribution in [1.29, 1.82) is 0 Å². The molecule has 0 aliphatic carbocycles. The second kappa shape index (κ2) is 5.76. The van der Waals surface area contributed by atoms with Crippen molar-refractivity contribution in [3.05, 3.63) is 81.4 Å². The normalized spacial score (nSPS) is 16.0. The lowest BCUT2D eigenvalue weighted by Gasteiger charge is -2.01. The van der Waals surface area contributed by atoms with Crippen LogP contribution in [0.4, 0.5) is 0 Å². The number of rotatable bonds is 2. The third-order valence-corrected chi connectivity index (χ3v) is 3.74. The number of cyclic esters (lactones) is 1. The molecule has 2 aromatic rings. The Hall–Kier alpha value is -2.03. The van der Waals surface area contributed by atoms with Crippen LogP contribution in [0.3, 0.4) is 0 Å². The van der Waals surface area contributed by atoms with Crippen molar-refractivity contribution in [3.8, 4) is 0 Å². The molecule has 0 saturated heterocycles. The van der Waals surface area contributed by atoms with Gasteiger partial charge in [-0.05, 0) is 24.3 Å². The Kier molecular flexibility index (Phi) is 3.82. The maximum atomic E-state index is 12.0. The topological polar surface area (TPSA) is 26.3 Å². The Morgan fingerprint density at radius 2 is 1.57 bits per heavy atom. The van der Waals surface area contributed by atoms with Crippen molar-refractivity contribution in [1.82, 2.24) is 0 Å². The van der Waals surface area contributed by atoms with Crippen LogP contribution in [0.2, 0.25) is 10.0 Å². The summed E-state index contributed by atoms with van der Waals surface area (Å²) >= 11 is 12.2. The Morgan fingerprint density at radius 1 is 0.905 bits per heavy atom. The fourth-order valence-corrected chi connectivity index (χ4v) is 2.54. The van der Waals surface area contributed by atoms with E-state index < -0.39 is 5.97 Å². The van der Waals surface area contributed by atoms with Crippen LogP contribution in [-0.2, 0) is 9.53 Å². The molecule has 104 valence electrons. The standard InChI is InChI=1S/C17H10Cl2O2/c18-14-7-4-8-15(19)13(14)9-12-10-16(21-17(12)20)11-5-2-1-3-6-11/h1-10H. The van der Waals surface area contributed by atoms with Gasteiger partial charge >= 0.3 is 5.97 Å². The van der Waals surface area contributed by atoms with E-state index in [0.717, 1.165) is 5.56 Å². The summed E-state index contributed by atoms with van der Waals surface area (Å²) in [6, 6.07) is 14.6. The van der Waals surface area contributed by atoms with E-state index in [1.807, 2.05) is 30.3 Å². The lowest BCUT2D eigenvalue weighted by molar-refractivity contribution is -0.130. The van der Waals surface area contributed by atoms with Crippen molar-refractivity contribution in [2.75, 3.05) is 0 Å². The third-order valence-electron chi connectivity index (χ3n) is 3.08. The summed E-state index contributed by atoms with van der Waals surface area (Å²) in [6.45, 7) is 0. The summed E-state index contributed by atoms with van der Waals surface area (Å²) in [5.41, 5.74) is 1.88. The molecule has 1 aliphatic rings. The number of carbonyl (C=O) groups is 1. The average Bonchev–Trinajstić information content (AvgIpc) is 2.85. The summed E-state index contributed by atoms with van der Waals surface area (Å²) in [6.07, 6.45) is 3.33. The zero-order valence-electron chi connectivity index (χ0n) is 10.8. The van der Waals surface area contributed by atoms with E-state index >= 15 is 0 Å². The molecule has 2 aromatic carbocycles. The number of ether oxygens (including phenoxy) is 1. The smallest absolute Gasteiger partial charge is 0.343 e. The van der Waals surface area contributed by atoms with Gasteiger partial charge in [0.15, 0.2) is 0 Å². The predicted molar refractivity (Wildman–Crippen MR) is 85.0 cm³/mol. The number of hydrogen-bond donors (Lipinski definition) is 0. The van der Waals surface area contributed by atoms with Gasteiger partial charge in [-0.3, -0.25) is 0 Å². The number of carbonyl (C=O) groups excluding carboxylic acids is 1. The van der Waals surface area contributed by atoms with Gasteiger partial charge in [0.2, 0.25) is 0 Å². The Balaban J connectivity index is 2.01. The molecule has 4 heteroatoms. The highest BCUT2D eigenvalue weighted by Crippen LogP contribution is 2.31. The quantitative estimate of drug-likeness (QED) is 0.577. The lowest BCUT2D eigenvalue weighted by Crippen LogP contribution is -1.97. The molecule has 0 unspecified atom stereocenters. The van der Waals surface area contributed by atoms with Crippen molar-refractivity contribution >= 4 is 41.0 Å². The van der Waals surface area contributed by atoms with E-state index in [0.29, 0.717) is 26.9 Å². The Bertz CT molecular complexity index is 741. The van der Waals surface area contributed by atoms with Gasteiger partial charge in [0.05, 0.1) is 5.57 Å². The summed E-state index contributed by atoms with van der Waals surface area (Å²) in [7, 11) is 0. The first-order chi connectivity index (χ1) is 10.1. The van der Waals surface area contributed by atoms with E-state index in [4.69, 9.17) is 27.9 Å². The monoisotopic (exact) mass is 316 g/mol. The molecule has 2 nitrogen and oxygen atoms in total. The molecule has 0 N–H and O–H groups in total. The van der Waals surface area contributed by atoms with E-state index in [1.54, 1.807) is 30.4 Å². The van der Waals surface area contributed by atoms with Crippen molar-refractivity contribution in [3.63, 3.8) is 0 Å². The number of esters is 1. The molecule has 1 heterocycles. The molecule has 1 aliphatic heterocycles. The summed E-state index contributed by atoms with van der Waals surface area (Å²) in [5, 5.41) is 0.980. The maximum Gasteiger partial charge on any atom is 0.343 e. The second-order valence-corrected chi connectivity index (χ2v) is 5.31. The molecule has 3 rings (SSSR count). The van der Waals surface area contributed by atoms with Gasteiger partial charge in [0.25, 0.3) is 0 Å². The summed E-state index contributed by atoms with van der Waals surface area (Å²) in [4.78, 5) is 12.0. The van der Waals surface area contributed by atoms with Gasteiger partial charge in [-0.15, -0.1) is 0 Å². The van der Waals surface area contributed by atoms with Gasteiger partial charge in [-0.2, -0.15) is 0 Å². The van der Waals surface area contributed by atoms with Crippen LogP contribution in [0.5, 0.6) is 0 Å². The minimum absolute atomic E-state index is 0.412. The Labute approximate surface area is 132 Å². The maximum absolute atomic E-state index is 12.0. The molecule has 0 amide bonds. The molecule has 0 spiro atoms. The Morgan fingerprint density at radius 3 is 2.24 bits per heavy atom. The second-order valence-electron chi connectivity index (χ2n) is 4.50. The SMILES string of the molecule is O=C1OC(c2ccccc2)=CC1=Cc1c(Cl)cccc1Cl. The van der Waals surface area contributed by atoms with Crippen LogP contribution in [0.25, 0.3) is 11.8 Å². The van der Waals surface area contributed by atoms with Crippen LogP contribution in [0.1, 0.15) is 11.1 Å². The van der Waals surface area contributed by atoms with Crippen molar-refractivity contribution in [2.24, 2.45) is 0 Å². The molecule has 0 atom stereocenters. The largest absolute Gasteiger partial charge is 0.422 e. The van der Waals surface area contributed by atoms with Crippen molar-refractivity contribution in [2.45, 2.75) is 0 Å². The van der Waals surface area contributed by atoms with Crippen LogP contribution in [-0.4, -0.2) is 5.97 Å². The first-order valence-electron chi connectivity index (χ1n) is 6.30. The molecular formula is C17H10Cl2O2. The highest BCUT2D eigenvalue weighted by Gasteiger charge is 2.22. The van der Waals surface area contributed by atoms with Gasteiger partial charge in [-0.25, -0.2) is 4.79 Å². The van der Waals surface area contributed by atoms with Crippen molar-refractivity contribution < 1.29 is 9.53 Å². The average molecular weight is 317 g/mol. The summed E-state index contributed by atoms with van der Waals surface area (Å²) in [5.74, 6) is 0.111. The zero-order chi connectivity index (χ0) is 14.8. The van der Waals surface area contributed by atoms with Gasteiger partial charge in [0.1, 0.15) is 5.76 Å². The molecule has 0 bridgehead atoms. The third kappa shape index (κ3) is 2.87.